The third-order valence-electron chi connectivity index (χ3n) is 2.09. The highest BCUT2D eigenvalue weighted by Crippen LogP contribution is 2.04. The number of carboxylic acids is 3. The van der Waals surface area contributed by atoms with E-state index < -0.39 is 23.9 Å². The predicted molar refractivity (Wildman–Crippen MR) is 67.2 cm³/mol. The predicted octanol–water partition coefficient (Wildman–Crippen LogP) is 1.13. The Hall–Kier alpha value is -2.12. The van der Waals surface area contributed by atoms with Gasteiger partial charge in [0.25, 0.3) is 0 Å². The van der Waals surface area contributed by atoms with Crippen LogP contribution in [0.5, 0.6) is 0 Å². The minimum Gasteiger partial charge on any atom is -0.473 e. The highest BCUT2D eigenvalue weighted by atomic mass is 16.6. The summed E-state index contributed by atoms with van der Waals surface area (Å²) in [6.07, 6.45) is 6.50. The van der Waals surface area contributed by atoms with Crippen molar-refractivity contribution in [1.82, 2.24) is 0 Å². The normalized spacial score (nSPS) is 9.05. The molecule has 0 aromatic carbocycles. The third kappa shape index (κ3) is 15.9. The molecular formula is C12H20O8. The Balaban J connectivity index is 0. The monoisotopic (exact) mass is 292 g/mol. The van der Waals surface area contributed by atoms with Crippen molar-refractivity contribution in [3.8, 4) is 0 Å². The van der Waals surface area contributed by atoms with Crippen LogP contribution >= 0.6 is 0 Å². The van der Waals surface area contributed by atoms with E-state index in [1.54, 1.807) is 0 Å². The van der Waals surface area contributed by atoms with Crippen LogP contribution in [0.2, 0.25) is 0 Å². The lowest BCUT2D eigenvalue weighted by Gasteiger charge is -2.01. The van der Waals surface area contributed by atoms with Gasteiger partial charge in [-0.25, -0.2) is 19.2 Å². The van der Waals surface area contributed by atoms with Gasteiger partial charge in [0.2, 0.25) is 0 Å². The standard InChI is InChI=1S/C10H18O4.C2H2O4/c1-2-3-4-5-6-7-8-14-10(13)9(11)12;3-1(4)2(5)6/h2-8H2,1H3,(H,11,12);(H,3,4)(H,5,6). The molecule has 0 saturated carbocycles. The van der Waals surface area contributed by atoms with Crippen molar-refractivity contribution in [3.63, 3.8) is 0 Å². The fourth-order valence-corrected chi connectivity index (χ4v) is 1.11. The number of ether oxygens (including phenoxy) is 1. The van der Waals surface area contributed by atoms with E-state index in [-0.39, 0.29) is 6.61 Å². The molecule has 0 heterocycles. The van der Waals surface area contributed by atoms with E-state index in [0.717, 1.165) is 19.3 Å². The summed E-state index contributed by atoms with van der Waals surface area (Å²) in [6.45, 7) is 2.37. The molecule has 0 spiro atoms. The molecule has 0 aliphatic rings. The van der Waals surface area contributed by atoms with Crippen LogP contribution in [-0.4, -0.2) is 45.8 Å². The van der Waals surface area contributed by atoms with Gasteiger partial charge >= 0.3 is 23.9 Å². The van der Waals surface area contributed by atoms with E-state index in [9.17, 15) is 9.59 Å². The number of carbonyl (C=O) groups excluding carboxylic acids is 1. The Morgan fingerprint density at radius 1 is 0.750 bits per heavy atom. The van der Waals surface area contributed by atoms with Gasteiger partial charge in [0.05, 0.1) is 6.61 Å². The molecule has 0 aliphatic carbocycles. The number of esters is 1. The fraction of sp³-hybridized carbons (Fsp3) is 0.667. The zero-order chi connectivity index (χ0) is 16.0. The van der Waals surface area contributed by atoms with Crippen LogP contribution in [0.15, 0.2) is 0 Å². The van der Waals surface area contributed by atoms with E-state index >= 15 is 0 Å². The van der Waals surface area contributed by atoms with E-state index in [1.807, 2.05) is 0 Å². The van der Waals surface area contributed by atoms with Crippen LogP contribution in [0.3, 0.4) is 0 Å². The van der Waals surface area contributed by atoms with Crippen LogP contribution < -0.4 is 0 Å². The second-order valence-electron chi connectivity index (χ2n) is 3.82. The second-order valence-corrected chi connectivity index (χ2v) is 3.82. The van der Waals surface area contributed by atoms with Crippen LogP contribution in [0, 0.1) is 0 Å². The van der Waals surface area contributed by atoms with Crippen molar-refractivity contribution < 1.29 is 39.2 Å². The second kappa shape index (κ2) is 13.3. The highest BCUT2D eigenvalue weighted by Gasteiger charge is 2.11. The molecule has 0 amide bonds. The molecule has 0 radical (unpaired) electrons. The molecule has 3 N–H and O–H groups in total. The molecule has 0 atom stereocenters. The summed E-state index contributed by atoms with van der Waals surface area (Å²) in [6, 6.07) is 0. The summed E-state index contributed by atoms with van der Waals surface area (Å²) >= 11 is 0. The van der Waals surface area contributed by atoms with Gasteiger partial charge < -0.3 is 20.1 Å². The topological polar surface area (TPSA) is 138 Å². The molecule has 0 aromatic rings. The number of carbonyl (C=O) groups is 4. The van der Waals surface area contributed by atoms with Crippen molar-refractivity contribution in [2.45, 2.75) is 45.4 Å². The summed E-state index contributed by atoms with van der Waals surface area (Å²) in [7, 11) is 0. The number of carboxylic acid groups (broad SMARTS) is 3. The number of aliphatic carboxylic acids is 3. The molecule has 0 unspecified atom stereocenters. The average molecular weight is 292 g/mol. The zero-order valence-corrected chi connectivity index (χ0v) is 11.3. The van der Waals surface area contributed by atoms with Gasteiger partial charge in [-0.2, -0.15) is 0 Å². The van der Waals surface area contributed by atoms with Crippen LogP contribution in [-0.2, 0) is 23.9 Å². The smallest absolute Gasteiger partial charge is 0.417 e. The lowest BCUT2D eigenvalue weighted by atomic mass is 10.1. The minimum absolute atomic E-state index is 0.220. The maximum Gasteiger partial charge on any atom is 0.417 e. The molecule has 8 heteroatoms. The molecule has 0 bridgehead atoms. The molecule has 20 heavy (non-hydrogen) atoms. The summed E-state index contributed by atoms with van der Waals surface area (Å²) in [5, 5.41) is 23.0. The van der Waals surface area contributed by atoms with Gasteiger partial charge in [-0.05, 0) is 6.42 Å². The molecule has 0 aromatic heterocycles. The third-order valence-corrected chi connectivity index (χ3v) is 2.09. The van der Waals surface area contributed by atoms with Crippen molar-refractivity contribution in [2.75, 3.05) is 6.61 Å². The quantitative estimate of drug-likeness (QED) is 0.360. The minimum atomic E-state index is -1.82. The number of hydrogen-bond acceptors (Lipinski definition) is 5. The van der Waals surface area contributed by atoms with E-state index in [2.05, 4.69) is 11.7 Å². The Labute approximate surface area is 116 Å². The van der Waals surface area contributed by atoms with Crippen LogP contribution in [0.1, 0.15) is 45.4 Å². The van der Waals surface area contributed by atoms with Crippen LogP contribution in [0.4, 0.5) is 0 Å². The fourth-order valence-electron chi connectivity index (χ4n) is 1.11. The molecule has 0 aliphatic heterocycles. The molecule has 0 fully saturated rings. The van der Waals surface area contributed by atoms with E-state index in [1.165, 1.54) is 19.3 Å². The summed E-state index contributed by atoms with van der Waals surface area (Å²) < 4.78 is 4.47. The van der Waals surface area contributed by atoms with E-state index in [4.69, 9.17) is 24.9 Å². The van der Waals surface area contributed by atoms with Gasteiger partial charge in [-0.3, -0.25) is 0 Å². The van der Waals surface area contributed by atoms with Gasteiger partial charge in [-0.15, -0.1) is 0 Å². The van der Waals surface area contributed by atoms with Crippen molar-refractivity contribution in [3.05, 3.63) is 0 Å². The molecule has 116 valence electrons. The number of unbranched alkanes of at least 4 members (excludes halogenated alkanes) is 5. The van der Waals surface area contributed by atoms with Gasteiger partial charge in [-0.1, -0.05) is 39.0 Å². The summed E-state index contributed by atoms with van der Waals surface area (Å²) in [4.78, 5) is 38.7. The zero-order valence-electron chi connectivity index (χ0n) is 11.3. The highest BCUT2D eigenvalue weighted by molar-refractivity contribution is 6.28. The lowest BCUT2D eigenvalue weighted by Crippen LogP contribution is -2.16. The lowest BCUT2D eigenvalue weighted by molar-refractivity contribution is -0.163. The van der Waals surface area contributed by atoms with Gasteiger partial charge in [0, 0.05) is 0 Å². The Morgan fingerprint density at radius 3 is 1.60 bits per heavy atom. The Bertz CT molecular complexity index is 311. The van der Waals surface area contributed by atoms with E-state index in [0.29, 0.717) is 0 Å². The molecule has 0 rings (SSSR count). The van der Waals surface area contributed by atoms with Crippen molar-refractivity contribution in [1.29, 1.82) is 0 Å². The molecular weight excluding hydrogens is 272 g/mol. The summed E-state index contributed by atoms with van der Waals surface area (Å²) in [5.41, 5.74) is 0. The number of hydrogen-bond donors (Lipinski definition) is 3. The Kier molecular flexibility index (Phi) is 13.4. The Morgan fingerprint density at radius 2 is 1.20 bits per heavy atom. The van der Waals surface area contributed by atoms with Crippen molar-refractivity contribution in [2.24, 2.45) is 0 Å². The maximum atomic E-state index is 10.5. The van der Waals surface area contributed by atoms with Crippen LogP contribution in [0.25, 0.3) is 0 Å². The molecule has 8 nitrogen and oxygen atoms in total. The van der Waals surface area contributed by atoms with Gasteiger partial charge in [0.1, 0.15) is 0 Å². The SMILES string of the molecule is CCCCCCCCOC(=O)C(=O)O.O=C(O)C(=O)O. The first-order valence-electron chi connectivity index (χ1n) is 6.19. The first-order valence-corrected chi connectivity index (χ1v) is 6.19. The number of rotatable bonds is 7. The van der Waals surface area contributed by atoms with Gasteiger partial charge in [0.15, 0.2) is 0 Å². The van der Waals surface area contributed by atoms with Crippen molar-refractivity contribution >= 4 is 23.9 Å². The first-order chi connectivity index (χ1) is 9.32. The molecule has 0 saturated heterocycles. The average Bonchev–Trinajstić information content (AvgIpc) is 2.37. The first kappa shape index (κ1) is 20.2. The maximum absolute atomic E-state index is 10.5. The summed E-state index contributed by atoms with van der Waals surface area (Å²) in [5.74, 6) is -6.32. The largest absolute Gasteiger partial charge is 0.473 e.